The molecule has 0 spiro atoms. The number of allylic oxidation sites excluding steroid dienone is 1. The normalized spacial score (nSPS) is 9.79. The van der Waals surface area contributed by atoms with E-state index in [9.17, 15) is 0 Å². The van der Waals surface area contributed by atoms with Crippen LogP contribution >= 0.6 is 0 Å². The maximum atomic E-state index is 9.13. The van der Waals surface area contributed by atoms with Gasteiger partial charge in [-0.2, -0.15) is 0 Å². The van der Waals surface area contributed by atoms with Gasteiger partial charge in [-0.3, -0.25) is 0 Å². The molecule has 0 unspecified atom stereocenters. The van der Waals surface area contributed by atoms with Crippen molar-refractivity contribution in [1.82, 2.24) is 0 Å². The van der Waals surface area contributed by atoms with Gasteiger partial charge in [0.2, 0.25) is 0 Å². The van der Waals surface area contributed by atoms with E-state index in [1.165, 1.54) is 0 Å². The van der Waals surface area contributed by atoms with Crippen LogP contribution in [0.2, 0.25) is 0 Å². The van der Waals surface area contributed by atoms with Crippen LogP contribution in [0.1, 0.15) is 31.7 Å². The van der Waals surface area contributed by atoms with Crippen molar-refractivity contribution >= 4 is 5.57 Å². The van der Waals surface area contributed by atoms with Crippen molar-refractivity contribution in [3.8, 4) is 0 Å². The minimum Gasteiger partial charge on any atom is -0.481 e. The Bertz CT molecular complexity index is 297. The molecule has 0 amide bonds. The summed E-state index contributed by atoms with van der Waals surface area (Å²) in [4.78, 5) is 0. The lowest BCUT2D eigenvalue weighted by molar-refractivity contribution is 0.193. The fourth-order valence-corrected chi connectivity index (χ4v) is 1.38. The van der Waals surface area contributed by atoms with Crippen LogP contribution in [-0.2, 0) is 0 Å². The summed E-state index contributed by atoms with van der Waals surface area (Å²) in [6, 6.07) is 9.47. The van der Waals surface area contributed by atoms with Crippen molar-refractivity contribution in [3.05, 3.63) is 41.8 Å². The summed E-state index contributed by atoms with van der Waals surface area (Å²) in [5.41, 5.74) is 1.52. The lowest BCUT2D eigenvalue weighted by atomic mass is 10.0. The van der Waals surface area contributed by atoms with Crippen LogP contribution in [0, 0.1) is 0 Å². The third kappa shape index (κ3) is 2.80. The predicted molar refractivity (Wildman–Crippen MR) is 58.1 cm³/mol. The van der Waals surface area contributed by atoms with E-state index in [1.807, 2.05) is 30.3 Å². The van der Waals surface area contributed by atoms with Crippen molar-refractivity contribution in [1.29, 1.82) is 0 Å². The second-order valence-electron chi connectivity index (χ2n) is 3.27. The molecule has 0 aliphatic carbocycles. The molecule has 2 heteroatoms. The topological polar surface area (TPSA) is 40.5 Å². The number of aliphatic hydroxyl groups is 2. The van der Waals surface area contributed by atoms with E-state index in [1.54, 1.807) is 0 Å². The van der Waals surface area contributed by atoms with Gasteiger partial charge in [-0.05, 0) is 18.4 Å². The van der Waals surface area contributed by atoms with E-state index in [0.717, 1.165) is 18.4 Å². The van der Waals surface area contributed by atoms with Gasteiger partial charge in [-0.15, -0.1) is 0 Å². The van der Waals surface area contributed by atoms with Gasteiger partial charge < -0.3 is 10.2 Å². The largest absolute Gasteiger partial charge is 0.481 e. The molecule has 0 saturated carbocycles. The predicted octanol–water partition coefficient (Wildman–Crippen LogP) is 3.66. The minimum absolute atomic E-state index is 0.551. The average molecular weight is 192 g/mol. The second kappa shape index (κ2) is 5.32. The molecule has 1 aromatic rings. The minimum atomic E-state index is -0.551. The zero-order valence-electron chi connectivity index (χ0n) is 8.40. The first kappa shape index (κ1) is 10.6. The lowest BCUT2D eigenvalue weighted by Crippen LogP contribution is -1.91. The summed E-state index contributed by atoms with van der Waals surface area (Å²) in [5.74, 6) is -0.551. The quantitative estimate of drug-likeness (QED) is 0.715. The molecule has 76 valence electrons. The molecule has 0 aromatic heterocycles. The van der Waals surface area contributed by atoms with Crippen LogP contribution in [0.3, 0.4) is 0 Å². The Morgan fingerprint density at radius 2 is 1.79 bits per heavy atom. The number of aliphatic hydroxyl groups excluding tert-OH is 1. The fraction of sp³-hybridized carbons (Fsp3) is 0.333. The molecule has 0 atom stereocenters. The number of benzene rings is 1. The Balaban J connectivity index is 2.86. The maximum absolute atomic E-state index is 9.13. The van der Waals surface area contributed by atoms with Gasteiger partial charge in [0.05, 0.1) is 0 Å². The lowest BCUT2D eigenvalue weighted by Gasteiger charge is -2.06. The number of hydrogen-bond acceptors (Lipinski definition) is 2. The van der Waals surface area contributed by atoms with E-state index in [4.69, 9.17) is 10.2 Å². The molecule has 0 radical (unpaired) electrons. The van der Waals surface area contributed by atoms with Gasteiger partial charge in [-0.1, -0.05) is 43.7 Å². The van der Waals surface area contributed by atoms with Crippen molar-refractivity contribution in [2.75, 3.05) is 0 Å². The summed E-state index contributed by atoms with van der Waals surface area (Å²) in [5, 5.41) is 18.3. The van der Waals surface area contributed by atoms with E-state index in [2.05, 4.69) is 6.92 Å². The first-order chi connectivity index (χ1) is 6.75. The second-order valence-corrected chi connectivity index (χ2v) is 3.27. The summed E-state index contributed by atoms with van der Waals surface area (Å²) in [7, 11) is 0. The third-order valence-electron chi connectivity index (χ3n) is 2.17. The van der Waals surface area contributed by atoms with Gasteiger partial charge >= 0.3 is 0 Å². The molecule has 0 saturated heterocycles. The zero-order chi connectivity index (χ0) is 10.4. The summed E-state index contributed by atoms with van der Waals surface area (Å²) < 4.78 is 0. The molecular weight excluding hydrogens is 176 g/mol. The van der Waals surface area contributed by atoms with Crippen LogP contribution in [0.4, 0.5) is 0 Å². The van der Waals surface area contributed by atoms with E-state index >= 15 is 0 Å². The Hall–Kier alpha value is -1.44. The summed E-state index contributed by atoms with van der Waals surface area (Å²) >= 11 is 0. The molecule has 14 heavy (non-hydrogen) atoms. The zero-order valence-corrected chi connectivity index (χ0v) is 8.40. The molecule has 0 aliphatic rings. The van der Waals surface area contributed by atoms with Gasteiger partial charge in [0, 0.05) is 5.57 Å². The molecule has 0 bridgehead atoms. The Morgan fingerprint density at radius 1 is 1.14 bits per heavy atom. The van der Waals surface area contributed by atoms with Crippen LogP contribution in [0.25, 0.3) is 5.57 Å². The van der Waals surface area contributed by atoms with E-state index in [0.29, 0.717) is 12.0 Å². The highest BCUT2D eigenvalue weighted by molar-refractivity contribution is 5.65. The highest BCUT2D eigenvalue weighted by Crippen LogP contribution is 2.22. The first-order valence-corrected chi connectivity index (χ1v) is 4.92. The van der Waals surface area contributed by atoms with Gasteiger partial charge in [0.1, 0.15) is 0 Å². The van der Waals surface area contributed by atoms with Crippen molar-refractivity contribution < 1.29 is 10.2 Å². The van der Waals surface area contributed by atoms with E-state index < -0.39 is 5.95 Å². The molecule has 2 nitrogen and oxygen atoms in total. The van der Waals surface area contributed by atoms with Gasteiger partial charge in [-0.25, -0.2) is 0 Å². The van der Waals surface area contributed by atoms with Crippen LogP contribution in [0.5, 0.6) is 0 Å². The van der Waals surface area contributed by atoms with Gasteiger partial charge in [0.15, 0.2) is 0 Å². The molecule has 2 N–H and O–H groups in total. The van der Waals surface area contributed by atoms with Crippen molar-refractivity contribution in [2.45, 2.75) is 26.2 Å². The molecular formula is C12H16O2. The highest BCUT2D eigenvalue weighted by atomic mass is 16.5. The summed E-state index contributed by atoms with van der Waals surface area (Å²) in [6.07, 6.45) is 2.72. The monoisotopic (exact) mass is 192 g/mol. The fourth-order valence-electron chi connectivity index (χ4n) is 1.38. The SMILES string of the molecule is CCCCC(=C(O)O)c1ccccc1. The van der Waals surface area contributed by atoms with Gasteiger partial charge in [0.25, 0.3) is 5.95 Å². The van der Waals surface area contributed by atoms with Crippen LogP contribution in [-0.4, -0.2) is 10.2 Å². The number of rotatable bonds is 4. The standard InChI is InChI=1S/C12H16O2/c1-2-3-9-11(12(13)14)10-7-5-4-6-8-10/h4-8,13-14H,2-3,9H2,1H3. The smallest absolute Gasteiger partial charge is 0.278 e. The molecule has 0 fully saturated rings. The molecule has 1 aromatic carbocycles. The summed E-state index contributed by atoms with van der Waals surface area (Å²) in [6.45, 7) is 2.08. The highest BCUT2D eigenvalue weighted by Gasteiger charge is 2.06. The Kier molecular flexibility index (Phi) is 4.05. The molecule has 0 aliphatic heterocycles. The maximum Gasteiger partial charge on any atom is 0.278 e. The first-order valence-electron chi connectivity index (χ1n) is 4.92. The Morgan fingerprint density at radius 3 is 2.29 bits per heavy atom. The average Bonchev–Trinajstić information content (AvgIpc) is 2.19. The van der Waals surface area contributed by atoms with Crippen molar-refractivity contribution in [2.24, 2.45) is 0 Å². The Labute approximate surface area is 84.5 Å². The molecule has 1 rings (SSSR count). The van der Waals surface area contributed by atoms with E-state index in [-0.39, 0.29) is 0 Å². The number of unbranched alkanes of at least 4 members (excludes halogenated alkanes) is 1. The number of hydrogen-bond donors (Lipinski definition) is 2. The molecule has 0 heterocycles. The van der Waals surface area contributed by atoms with Crippen molar-refractivity contribution in [3.63, 3.8) is 0 Å². The van der Waals surface area contributed by atoms with Crippen LogP contribution < -0.4 is 0 Å². The third-order valence-corrected chi connectivity index (χ3v) is 2.17. The van der Waals surface area contributed by atoms with Crippen LogP contribution in [0.15, 0.2) is 36.3 Å².